The third-order valence-electron chi connectivity index (χ3n) is 3.08. The van der Waals surface area contributed by atoms with E-state index in [0.717, 1.165) is 17.4 Å². The Morgan fingerprint density at radius 2 is 1.86 bits per heavy atom. The first-order valence-corrected chi connectivity index (χ1v) is 6.53. The van der Waals surface area contributed by atoms with Crippen molar-refractivity contribution in [2.75, 3.05) is 13.7 Å². The molecule has 5 nitrogen and oxygen atoms in total. The van der Waals surface area contributed by atoms with Gasteiger partial charge in [0.05, 0.1) is 12.7 Å². The van der Waals surface area contributed by atoms with Crippen LogP contribution in [0.5, 0.6) is 17.2 Å². The van der Waals surface area contributed by atoms with Crippen molar-refractivity contribution < 1.29 is 19.7 Å². The second-order valence-electron chi connectivity index (χ2n) is 4.56. The highest BCUT2D eigenvalue weighted by molar-refractivity contribution is 5.96. The zero-order chi connectivity index (χ0) is 15.2. The number of phenolic OH excluding ortho intramolecular Hbond substituents is 2. The van der Waals surface area contributed by atoms with Crippen LogP contribution in [-0.4, -0.2) is 29.8 Å². The lowest BCUT2D eigenvalue weighted by Crippen LogP contribution is -2.25. The highest BCUT2D eigenvalue weighted by Gasteiger charge is 2.10. The second-order valence-corrected chi connectivity index (χ2v) is 4.56. The lowest BCUT2D eigenvalue weighted by Gasteiger charge is -2.07. The van der Waals surface area contributed by atoms with Gasteiger partial charge in [-0.25, -0.2) is 0 Å². The van der Waals surface area contributed by atoms with Gasteiger partial charge in [0.1, 0.15) is 17.2 Å². The maximum Gasteiger partial charge on any atom is 0.255 e. The number of hydrogen-bond donors (Lipinski definition) is 3. The number of benzene rings is 2. The van der Waals surface area contributed by atoms with Gasteiger partial charge in [-0.05, 0) is 36.2 Å². The topological polar surface area (TPSA) is 78.8 Å². The van der Waals surface area contributed by atoms with Crippen LogP contribution in [-0.2, 0) is 6.42 Å². The Hall–Kier alpha value is -2.69. The van der Waals surface area contributed by atoms with Crippen molar-refractivity contribution >= 4 is 5.91 Å². The Morgan fingerprint density at radius 3 is 2.48 bits per heavy atom. The summed E-state index contributed by atoms with van der Waals surface area (Å²) >= 11 is 0. The van der Waals surface area contributed by atoms with Gasteiger partial charge in [0.2, 0.25) is 0 Å². The van der Waals surface area contributed by atoms with Crippen molar-refractivity contribution in [1.82, 2.24) is 5.32 Å². The minimum absolute atomic E-state index is 0.0812. The molecular weight excluding hydrogens is 270 g/mol. The van der Waals surface area contributed by atoms with E-state index in [2.05, 4.69) is 5.32 Å². The van der Waals surface area contributed by atoms with E-state index >= 15 is 0 Å². The van der Waals surface area contributed by atoms with E-state index in [4.69, 9.17) is 4.74 Å². The molecule has 1 amide bonds. The molecule has 2 aromatic rings. The number of rotatable bonds is 5. The number of nitrogens with one attached hydrogen (secondary N) is 1. The van der Waals surface area contributed by atoms with Crippen molar-refractivity contribution in [1.29, 1.82) is 0 Å². The summed E-state index contributed by atoms with van der Waals surface area (Å²) in [5.41, 5.74) is 1.22. The van der Waals surface area contributed by atoms with Gasteiger partial charge in [0.25, 0.3) is 5.91 Å². The summed E-state index contributed by atoms with van der Waals surface area (Å²) in [7, 11) is 1.61. The number of carbonyl (C=O) groups excluding carboxylic acids is 1. The smallest absolute Gasteiger partial charge is 0.255 e. The summed E-state index contributed by atoms with van der Waals surface area (Å²) in [6.07, 6.45) is 0.675. The molecule has 0 aromatic heterocycles. The van der Waals surface area contributed by atoms with Crippen LogP contribution in [0.2, 0.25) is 0 Å². The van der Waals surface area contributed by atoms with Gasteiger partial charge in [-0.1, -0.05) is 12.1 Å². The number of methoxy groups -OCH3 is 1. The Balaban J connectivity index is 1.88. The summed E-state index contributed by atoms with van der Waals surface area (Å²) in [5, 5.41) is 21.5. The Kier molecular flexibility index (Phi) is 4.66. The summed E-state index contributed by atoms with van der Waals surface area (Å²) in [5.74, 6) is 0.0945. The second kappa shape index (κ2) is 6.65. The van der Waals surface area contributed by atoms with Crippen LogP contribution in [0.4, 0.5) is 0 Å². The van der Waals surface area contributed by atoms with E-state index in [1.807, 2.05) is 24.3 Å². The highest BCUT2D eigenvalue weighted by atomic mass is 16.5. The lowest BCUT2D eigenvalue weighted by molar-refractivity contribution is 0.0951. The third kappa shape index (κ3) is 3.89. The molecule has 0 radical (unpaired) electrons. The van der Waals surface area contributed by atoms with Gasteiger partial charge in [-0.15, -0.1) is 0 Å². The molecule has 3 N–H and O–H groups in total. The maximum atomic E-state index is 11.9. The number of amides is 1. The molecule has 5 heteroatoms. The van der Waals surface area contributed by atoms with Gasteiger partial charge in [0, 0.05) is 12.6 Å². The summed E-state index contributed by atoms with van der Waals surface area (Å²) in [6, 6.07) is 11.5. The molecule has 0 spiro atoms. The number of aromatic hydroxyl groups is 2. The largest absolute Gasteiger partial charge is 0.508 e. The maximum absolute atomic E-state index is 11.9. The van der Waals surface area contributed by atoms with Gasteiger partial charge < -0.3 is 20.3 Å². The number of ether oxygens (including phenoxy) is 1. The SMILES string of the molecule is COc1ccc(CCNC(=O)c2ccc(O)cc2O)cc1. The first kappa shape index (κ1) is 14.7. The lowest BCUT2D eigenvalue weighted by atomic mass is 10.1. The average Bonchev–Trinajstić information content (AvgIpc) is 2.47. The number of carbonyl (C=O) groups is 1. The molecule has 0 fully saturated rings. The molecule has 2 rings (SSSR count). The molecule has 110 valence electrons. The molecule has 0 heterocycles. The fraction of sp³-hybridized carbons (Fsp3) is 0.188. The van der Waals surface area contributed by atoms with Gasteiger partial charge in [-0.2, -0.15) is 0 Å². The molecule has 0 bridgehead atoms. The molecular formula is C16H17NO4. The fourth-order valence-electron chi connectivity index (χ4n) is 1.92. The van der Waals surface area contributed by atoms with Crippen molar-refractivity contribution in [2.45, 2.75) is 6.42 Å². The van der Waals surface area contributed by atoms with Crippen LogP contribution in [0.1, 0.15) is 15.9 Å². The first-order valence-electron chi connectivity index (χ1n) is 6.53. The average molecular weight is 287 g/mol. The van der Waals surface area contributed by atoms with Crippen LogP contribution in [0.25, 0.3) is 0 Å². The Labute approximate surface area is 122 Å². The van der Waals surface area contributed by atoms with Crippen LogP contribution in [0.15, 0.2) is 42.5 Å². The minimum atomic E-state index is -0.374. The van der Waals surface area contributed by atoms with E-state index in [0.29, 0.717) is 13.0 Å². The Bertz CT molecular complexity index is 623. The molecule has 0 aliphatic heterocycles. The van der Waals surface area contributed by atoms with Crippen molar-refractivity contribution in [3.63, 3.8) is 0 Å². The molecule has 0 unspecified atom stereocenters. The summed E-state index contributed by atoms with van der Waals surface area (Å²) in [4.78, 5) is 11.9. The minimum Gasteiger partial charge on any atom is -0.508 e. The van der Waals surface area contributed by atoms with E-state index in [1.54, 1.807) is 7.11 Å². The van der Waals surface area contributed by atoms with E-state index in [1.165, 1.54) is 12.1 Å². The fourth-order valence-corrected chi connectivity index (χ4v) is 1.92. The van der Waals surface area contributed by atoms with E-state index in [9.17, 15) is 15.0 Å². The zero-order valence-corrected chi connectivity index (χ0v) is 11.7. The standard InChI is InChI=1S/C16H17NO4/c1-21-13-5-2-11(3-6-13)8-9-17-16(20)14-7-4-12(18)10-15(14)19/h2-7,10,18-19H,8-9H2,1H3,(H,17,20). The van der Waals surface area contributed by atoms with Crippen LogP contribution < -0.4 is 10.1 Å². The third-order valence-corrected chi connectivity index (χ3v) is 3.08. The molecule has 0 aliphatic carbocycles. The molecule has 21 heavy (non-hydrogen) atoms. The summed E-state index contributed by atoms with van der Waals surface area (Å²) < 4.78 is 5.07. The van der Waals surface area contributed by atoms with Crippen LogP contribution >= 0.6 is 0 Å². The predicted molar refractivity (Wildman–Crippen MR) is 78.8 cm³/mol. The predicted octanol–water partition coefficient (Wildman–Crippen LogP) is 2.08. The van der Waals surface area contributed by atoms with Crippen LogP contribution in [0, 0.1) is 0 Å². The monoisotopic (exact) mass is 287 g/mol. The van der Waals surface area contributed by atoms with Crippen molar-refractivity contribution in [2.24, 2.45) is 0 Å². The highest BCUT2D eigenvalue weighted by Crippen LogP contribution is 2.22. The van der Waals surface area contributed by atoms with Crippen LogP contribution in [0.3, 0.4) is 0 Å². The van der Waals surface area contributed by atoms with Gasteiger partial charge in [-0.3, -0.25) is 4.79 Å². The molecule has 0 atom stereocenters. The normalized spacial score (nSPS) is 10.1. The quantitative estimate of drug-likeness (QED) is 0.786. The van der Waals surface area contributed by atoms with Crippen molar-refractivity contribution in [3.8, 4) is 17.2 Å². The number of hydrogen-bond acceptors (Lipinski definition) is 4. The summed E-state index contributed by atoms with van der Waals surface area (Å²) in [6.45, 7) is 0.450. The van der Waals surface area contributed by atoms with E-state index in [-0.39, 0.29) is 23.0 Å². The van der Waals surface area contributed by atoms with E-state index < -0.39 is 0 Å². The van der Waals surface area contributed by atoms with Crippen molar-refractivity contribution in [3.05, 3.63) is 53.6 Å². The first-order chi connectivity index (χ1) is 10.1. The molecule has 0 saturated heterocycles. The Morgan fingerprint density at radius 1 is 1.14 bits per heavy atom. The molecule has 2 aromatic carbocycles. The number of phenols is 2. The van der Waals surface area contributed by atoms with Gasteiger partial charge in [0.15, 0.2) is 0 Å². The molecule has 0 aliphatic rings. The molecule has 0 saturated carbocycles. The zero-order valence-electron chi connectivity index (χ0n) is 11.7. The van der Waals surface area contributed by atoms with Gasteiger partial charge >= 0.3 is 0 Å².